The molecule has 0 saturated heterocycles. The van der Waals surface area contributed by atoms with E-state index in [1.165, 1.54) is 16.7 Å². The predicted octanol–water partition coefficient (Wildman–Crippen LogP) is 11.2. The fourth-order valence-electron chi connectivity index (χ4n) is 4.96. The molecule has 0 aliphatic heterocycles. The molecule has 246 valence electrons. The van der Waals surface area contributed by atoms with E-state index in [0.717, 1.165) is 33.4 Å². The molecule has 0 spiro atoms. The first-order chi connectivity index (χ1) is 21.4. The van der Waals surface area contributed by atoms with Gasteiger partial charge in [-0.2, -0.15) is 0 Å². The molecule has 0 unspecified atom stereocenters. The second kappa shape index (κ2) is 16.1. The van der Waals surface area contributed by atoms with E-state index >= 15 is 0 Å². The maximum atomic E-state index is 6.19. The standard InChI is InChI=1S/C42H57BO3/c1-31(25-34-13-19-37(20-14-34)40(4,5)6)28-44-43(45-29-32(2)26-35-15-21-38(22-16-35)41(7,8)9)46-30-33(3)27-36-17-23-39(24-18-36)42(10,11)12/h13-27H,28-30H2,1-12H3/b31-25-,32-26+,33-27+. The molecular weight excluding hydrogens is 563 g/mol. The summed E-state index contributed by atoms with van der Waals surface area (Å²) in [5.74, 6) is 0. The van der Waals surface area contributed by atoms with Crippen molar-refractivity contribution in [2.45, 2.75) is 99.3 Å². The molecule has 3 aromatic rings. The molecule has 0 fully saturated rings. The number of benzene rings is 3. The zero-order chi connectivity index (χ0) is 34.1. The molecule has 0 aliphatic rings. The van der Waals surface area contributed by atoms with Gasteiger partial charge in [0.1, 0.15) is 0 Å². The Hall–Kier alpha value is -3.18. The molecule has 0 N–H and O–H groups in total. The second-order valence-corrected chi connectivity index (χ2v) is 15.8. The predicted molar refractivity (Wildman–Crippen MR) is 200 cm³/mol. The molecule has 46 heavy (non-hydrogen) atoms. The average molecular weight is 621 g/mol. The van der Waals surface area contributed by atoms with E-state index in [2.05, 4.69) is 174 Å². The topological polar surface area (TPSA) is 27.7 Å². The lowest BCUT2D eigenvalue weighted by atomic mass is 9.86. The van der Waals surface area contributed by atoms with Gasteiger partial charge in [-0.05, 0) is 87.1 Å². The SMILES string of the molecule is C/C(=C/c1ccc(C(C)(C)C)cc1)COB(OC/C(C)=C/c1ccc(C(C)(C)C)cc1)OC/C(C)=C/c1ccc(C(C)(C)C)cc1. The van der Waals surface area contributed by atoms with Gasteiger partial charge in [0.2, 0.25) is 0 Å². The first-order valence-corrected chi connectivity index (χ1v) is 16.6. The highest BCUT2D eigenvalue weighted by Gasteiger charge is 2.22. The summed E-state index contributed by atoms with van der Waals surface area (Å²) in [5.41, 5.74) is 11.1. The van der Waals surface area contributed by atoms with Gasteiger partial charge in [0.15, 0.2) is 0 Å². The summed E-state index contributed by atoms with van der Waals surface area (Å²) in [5, 5.41) is 0. The Kier molecular flexibility index (Phi) is 13.0. The Bertz CT molecular complexity index is 1290. The zero-order valence-electron chi connectivity index (χ0n) is 30.6. The van der Waals surface area contributed by atoms with E-state index < -0.39 is 7.32 Å². The summed E-state index contributed by atoms with van der Waals surface area (Å²) < 4.78 is 18.6. The van der Waals surface area contributed by atoms with E-state index in [0.29, 0.717) is 19.8 Å². The molecule has 0 radical (unpaired) electrons. The molecule has 3 nitrogen and oxygen atoms in total. The first kappa shape index (κ1) is 37.3. The highest BCUT2D eigenvalue weighted by Crippen LogP contribution is 2.25. The number of rotatable bonds is 12. The summed E-state index contributed by atoms with van der Waals surface area (Å²) in [7, 11) is -0.801. The van der Waals surface area contributed by atoms with Crippen LogP contribution in [0.1, 0.15) is 116 Å². The fourth-order valence-corrected chi connectivity index (χ4v) is 4.96. The van der Waals surface area contributed by atoms with Crippen molar-refractivity contribution in [3.63, 3.8) is 0 Å². The monoisotopic (exact) mass is 620 g/mol. The lowest BCUT2D eigenvalue weighted by Crippen LogP contribution is -2.29. The molecule has 3 aromatic carbocycles. The molecule has 0 amide bonds. The summed E-state index contributed by atoms with van der Waals surface area (Å²) in [6.45, 7) is 27.5. The molecule has 0 aromatic heterocycles. The normalized spacial score (nSPS) is 13.7. The second-order valence-electron chi connectivity index (χ2n) is 15.8. The summed E-state index contributed by atoms with van der Waals surface area (Å²) in [6, 6.07) is 26.2. The fraction of sp³-hybridized carbons (Fsp3) is 0.429. The maximum absolute atomic E-state index is 6.19. The molecule has 0 aliphatic carbocycles. The molecule has 0 atom stereocenters. The van der Waals surface area contributed by atoms with Crippen LogP contribution < -0.4 is 0 Å². The lowest BCUT2D eigenvalue weighted by molar-refractivity contribution is 0.117. The minimum absolute atomic E-state index is 0.132. The van der Waals surface area contributed by atoms with Crippen LogP contribution in [0.4, 0.5) is 0 Å². The van der Waals surface area contributed by atoms with Gasteiger partial charge in [0.05, 0.1) is 19.8 Å². The van der Waals surface area contributed by atoms with Crippen molar-refractivity contribution in [3.05, 3.63) is 123 Å². The van der Waals surface area contributed by atoms with Crippen LogP contribution in [0.2, 0.25) is 0 Å². The van der Waals surface area contributed by atoms with Gasteiger partial charge >= 0.3 is 7.32 Å². The van der Waals surface area contributed by atoms with Gasteiger partial charge in [0, 0.05) is 0 Å². The van der Waals surface area contributed by atoms with Gasteiger partial charge in [-0.1, -0.05) is 153 Å². The largest absolute Gasteiger partial charge is 0.640 e. The van der Waals surface area contributed by atoms with Crippen LogP contribution >= 0.6 is 0 Å². The van der Waals surface area contributed by atoms with Crippen molar-refractivity contribution in [1.82, 2.24) is 0 Å². The summed E-state index contributed by atoms with van der Waals surface area (Å²) in [4.78, 5) is 0. The van der Waals surface area contributed by atoms with Gasteiger partial charge in [-0.3, -0.25) is 0 Å². The van der Waals surface area contributed by atoms with Gasteiger partial charge in [0.25, 0.3) is 0 Å². The highest BCUT2D eigenvalue weighted by atomic mass is 16.7. The van der Waals surface area contributed by atoms with Crippen LogP contribution in [-0.2, 0) is 30.2 Å². The third-order valence-corrected chi connectivity index (χ3v) is 7.91. The summed E-state index contributed by atoms with van der Waals surface area (Å²) in [6.07, 6.45) is 6.47. The Morgan fingerprint density at radius 1 is 0.435 bits per heavy atom. The van der Waals surface area contributed by atoms with Crippen molar-refractivity contribution >= 4 is 25.5 Å². The van der Waals surface area contributed by atoms with E-state index in [4.69, 9.17) is 14.0 Å². The minimum Gasteiger partial charge on any atom is -0.382 e. The van der Waals surface area contributed by atoms with Crippen LogP contribution in [0.3, 0.4) is 0 Å². The highest BCUT2D eigenvalue weighted by molar-refractivity contribution is 6.36. The van der Waals surface area contributed by atoms with Gasteiger partial charge < -0.3 is 14.0 Å². The Balaban J connectivity index is 1.68. The molecule has 0 saturated carbocycles. The molecule has 3 rings (SSSR count). The molecule has 0 heterocycles. The quantitative estimate of drug-likeness (QED) is 0.189. The average Bonchev–Trinajstić information content (AvgIpc) is 2.96. The first-order valence-electron chi connectivity index (χ1n) is 16.6. The molecule has 4 heteroatoms. The van der Waals surface area contributed by atoms with Gasteiger partial charge in [-0.25, -0.2) is 0 Å². The Morgan fingerprint density at radius 2 is 0.652 bits per heavy atom. The van der Waals surface area contributed by atoms with Crippen LogP contribution in [0.5, 0.6) is 0 Å². The van der Waals surface area contributed by atoms with Crippen LogP contribution in [0, 0.1) is 0 Å². The lowest BCUT2D eigenvalue weighted by Gasteiger charge is -2.19. The third kappa shape index (κ3) is 12.6. The van der Waals surface area contributed by atoms with Crippen LogP contribution in [0.15, 0.2) is 89.5 Å². The van der Waals surface area contributed by atoms with E-state index in [-0.39, 0.29) is 16.2 Å². The Labute approximate surface area is 281 Å². The van der Waals surface area contributed by atoms with Crippen molar-refractivity contribution in [1.29, 1.82) is 0 Å². The maximum Gasteiger partial charge on any atom is 0.640 e. The van der Waals surface area contributed by atoms with Crippen molar-refractivity contribution in [2.24, 2.45) is 0 Å². The summed E-state index contributed by atoms with van der Waals surface area (Å²) >= 11 is 0. The van der Waals surface area contributed by atoms with Crippen molar-refractivity contribution < 1.29 is 14.0 Å². The van der Waals surface area contributed by atoms with E-state index in [1.807, 2.05) is 0 Å². The van der Waals surface area contributed by atoms with E-state index in [9.17, 15) is 0 Å². The smallest absolute Gasteiger partial charge is 0.382 e. The molecule has 0 bridgehead atoms. The third-order valence-electron chi connectivity index (χ3n) is 7.91. The van der Waals surface area contributed by atoms with Crippen LogP contribution in [0.25, 0.3) is 18.2 Å². The minimum atomic E-state index is -0.801. The van der Waals surface area contributed by atoms with Crippen LogP contribution in [-0.4, -0.2) is 27.1 Å². The Morgan fingerprint density at radius 3 is 0.848 bits per heavy atom. The number of hydrogen-bond donors (Lipinski definition) is 0. The van der Waals surface area contributed by atoms with Crippen molar-refractivity contribution in [2.75, 3.05) is 19.8 Å². The van der Waals surface area contributed by atoms with Gasteiger partial charge in [-0.15, -0.1) is 0 Å². The van der Waals surface area contributed by atoms with Crippen molar-refractivity contribution in [3.8, 4) is 0 Å². The van der Waals surface area contributed by atoms with E-state index in [1.54, 1.807) is 0 Å². The molecular formula is C42H57BO3. The number of hydrogen-bond acceptors (Lipinski definition) is 3. The zero-order valence-corrected chi connectivity index (χ0v) is 30.6.